The molecule has 7 nitrogen and oxygen atoms in total. The highest BCUT2D eigenvalue weighted by Gasteiger charge is 2.16. The van der Waals surface area contributed by atoms with E-state index < -0.39 is 0 Å². The molecule has 0 bridgehead atoms. The minimum atomic E-state index is -0.368. The largest absolute Gasteiger partial charge is 0.472 e. The Morgan fingerprint density at radius 1 is 1.17 bits per heavy atom. The van der Waals surface area contributed by atoms with Crippen LogP contribution in [0.4, 0.5) is 0 Å². The Balaban J connectivity index is 1.28. The van der Waals surface area contributed by atoms with Crippen LogP contribution in [0.15, 0.2) is 48.1 Å². The Labute approximate surface area is 208 Å². The van der Waals surface area contributed by atoms with Gasteiger partial charge >= 0.3 is 5.97 Å². The number of hydrogen-bond acceptors (Lipinski definition) is 8. The molecule has 3 aromatic heterocycles. The number of pyridine rings is 2. The zero-order valence-electron chi connectivity index (χ0n) is 19.8. The predicted octanol–water partition coefficient (Wildman–Crippen LogP) is 4.66. The average molecular weight is 489 g/mol. The van der Waals surface area contributed by atoms with E-state index in [9.17, 15) is 4.79 Å². The van der Waals surface area contributed by atoms with Gasteiger partial charge in [-0.2, -0.15) is 0 Å². The maximum absolute atomic E-state index is 11.8. The van der Waals surface area contributed by atoms with E-state index in [0.717, 1.165) is 52.8 Å². The van der Waals surface area contributed by atoms with Crippen LogP contribution < -0.4 is 10.1 Å². The molecule has 5 rings (SSSR count). The van der Waals surface area contributed by atoms with Crippen molar-refractivity contribution in [2.45, 2.75) is 45.8 Å². The normalized spacial score (nSPS) is 12.6. The van der Waals surface area contributed by atoms with Crippen molar-refractivity contribution < 1.29 is 14.3 Å². The molecule has 8 heteroatoms. The Kier molecular flexibility index (Phi) is 7.30. The van der Waals surface area contributed by atoms with Crippen molar-refractivity contribution in [1.29, 1.82) is 0 Å². The minimum absolute atomic E-state index is 0.348. The van der Waals surface area contributed by atoms with E-state index in [-0.39, 0.29) is 5.97 Å². The van der Waals surface area contributed by atoms with Crippen LogP contribution in [0.5, 0.6) is 5.88 Å². The van der Waals surface area contributed by atoms with Gasteiger partial charge in [-0.15, -0.1) is 11.3 Å². The molecule has 0 aliphatic heterocycles. The lowest BCUT2D eigenvalue weighted by atomic mass is 10.0. The summed E-state index contributed by atoms with van der Waals surface area (Å²) in [7, 11) is 0. The maximum atomic E-state index is 11.8. The number of carbonyl (C=O) groups excluding carboxylic acids is 1. The van der Waals surface area contributed by atoms with Crippen molar-refractivity contribution in [2.75, 3.05) is 13.2 Å². The lowest BCUT2D eigenvalue weighted by Gasteiger charge is -2.14. The van der Waals surface area contributed by atoms with Crippen molar-refractivity contribution >= 4 is 28.2 Å². The van der Waals surface area contributed by atoms with Gasteiger partial charge in [0, 0.05) is 53.8 Å². The number of ether oxygens (including phenoxy) is 2. The minimum Gasteiger partial charge on any atom is -0.472 e. The van der Waals surface area contributed by atoms with Crippen LogP contribution in [0.25, 0.3) is 10.9 Å². The molecule has 1 aromatic carbocycles. The van der Waals surface area contributed by atoms with Gasteiger partial charge in [-0.3, -0.25) is 4.98 Å². The Morgan fingerprint density at radius 2 is 2.06 bits per heavy atom. The van der Waals surface area contributed by atoms with Crippen LogP contribution in [-0.2, 0) is 37.2 Å². The topological polar surface area (TPSA) is 86.2 Å². The third-order valence-electron chi connectivity index (χ3n) is 6.03. The Hall–Kier alpha value is -3.36. The zero-order chi connectivity index (χ0) is 24.0. The van der Waals surface area contributed by atoms with Gasteiger partial charge in [0.2, 0.25) is 5.88 Å². The van der Waals surface area contributed by atoms with E-state index in [0.29, 0.717) is 31.3 Å². The average Bonchev–Trinajstić information content (AvgIpc) is 3.54. The second-order valence-corrected chi connectivity index (χ2v) is 9.49. The smallest absolute Gasteiger partial charge is 0.357 e. The number of fused-ring (bicyclic) bond motifs is 2. The Morgan fingerprint density at radius 3 is 2.89 bits per heavy atom. The number of carbonyl (C=O) groups is 1. The van der Waals surface area contributed by atoms with Gasteiger partial charge in [0.15, 0.2) is 5.69 Å². The molecular formula is C27H28N4O3S. The van der Waals surface area contributed by atoms with E-state index in [4.69, 9.17) is 14.5 Å². The third-order valence-corrected chi connectivity index (χ3v) is 6.94. The summed E-state index contributed by atoms with van der Waals surface area (Å²) in [6, 6.07) is 10.6. The number of rotatable bonds is 10. The fourth-order valence-corrected chi connectivity index (χ4v) is 5.07. The highest BCUT2D eigenvalue weighted by molar-refractivity contribution is 7.09. The van der Waals surface area contributed by atoms with Crippen molar-refractivity contribution in [3.05, 3.63) is 81.1 Å². The summed E-state index contributed by atoms with van der Waals surface area (Å²) < 4.78 is 11.2. The monoisotopic (exact) mass is 488 g/mol. The lowest BCUT2D eigenvalue weighted by Crippen LogP contribution is -2.18. The number of esters is 1. The molecule has 0 unspecified atom stereocenters. The van der Waals surface area contributed by atoms with Crippen LogP contribution in [0, 0.1) is 0 Å². The van der Waals surface area contributed by atoms with Crippen LogP contribution in [0.2, 0.25) is 0 Å². The molecule has 35 heavy (non-hydrogen) atoms. The second-order valence-electron chi connectivity index (χ2n) is 8.54. The SMILES string of the molecule is CCOC(=O)c1csc(CCNCc2cc3cc4c(cc3nc2OCc2cccnc2)CCC4)n1. The number of thiazole rings is 1. The first-order chi connectivity index (χ1) is 17.2. The first-order valence-corrected chi connectivity index (χ1v) is 12.9. The Bertz CT molecular complexity index is 1320. The molecule has 0 saturated carbocycles. The van der Waals surface area contributed by atoms with E-state index in [1.807, 2.05) is 18.3 Å². The number of hydrogen-bond donors (Lipinski definition) is 1. The molecule has 3 heterocycles. The first-order valence-electron chi connectivity index (χ1n) is 12.0. The molecule has 0 radical (unpaired) electrons. The number of aryl methyl sites for hydroxylation is 2. The van der Waals surface area contributed by atoms with Crippen molar-refractivity contribution in [3.8, 4) is 5.88 Å². The number of nitrogens with one attached hydrogen (secondary N) is 1. The van der Waals surface area contributed by atoms with Crippen molar-refractivity contribution in [3.63, 3.8) is 0 Å². The molecule has 1 aliphatic carbocycles. The molecule has 4 aromatic rings. The van der Waals surface area contributed by atoms with Gasteiger partial charge in [-0.1, -0.05) is 6.07 Å². The molecule has 1 aliphatic rings. The molecule has 0 fully saturated rings. The molecule has 180 valence electrons. The third kappa shape index (κ3) is 5.66. The molecule has 0 atom stereocenters. The van der Waals surface area contributed by atoms with Crippen molar-refractivity contribution in [2.24, 2.45) is 0 Å². The standard InChI is InChI=1S/C27H28N4O3S/c1-2-33-27(32)24-17-35-25(30-24)8-10-29-15-22-12-21-11-19-6-3-7-20(19)13-23(21)31-26(22)34-16-18-5-4-9-28-14-18/h4-5,9,11-14,17,29H,2-3,6-8,10,15-16H2,1H3. The van der Waals surface area contributed by atoms with Gasteiger partial charge < -0.3 is 14.8 Å². The summed E-state index contributed by atoms with van der Waals surface area (Å²) in [6.07, 6.45) is 7.76. The highest BCUT2D eigenvalue weighted by Crippen LogP contribution is 2.30. The maximum Gasteiger partial charge on any atom is 0.357 e. The summed E-state index contributed by atoms with van der Waals surface area (Å²) >= 11 is 1.48. The van der Waals surface area contributed by atoms with E-state index in [1.165, 1.54) is 28.9 Å². The quantitative estimate of drug-likeness (QED) is 0.257. The molecule has 0 amide bonds. The summed E-state index contributed by atoms with van der Waals surface area (Å²) in [5.41, 5.74) is 6.21. The predicted molar refractivity (Wildman–Crippen MR) is 136 cm³/mol. The van der Waals surface area contributed by atoms with E-state index in [2.05, 4.69) is 33.5 Å². The lowest BCUT2D eigenvalue weighted by molar-refractivity contribution is 0.0520. The summed E-state index contributed by atoms with van der Waals surface area (Å²) in [5, 5.41) is 7.29. The number of aromatic nitrogens is 3. The van der Waals surface area contributed by atoms with Crippen LogP contribution in [0.1, 0.15) is 51.1 Å². The van der Waals surface area contributed by atoms with Gasteiger partial charge in [-0.05, 0) is 61.6 Å². The van der Waals surface area contributed by atoms with E-state index in [1.54, 1.807) is 18.5 Å². The van der Waals surface area contributed by atoms with Gasteiger partial charge in [-0.25, -0.2) is 14.8 Å². The first kappa shape index (κ1) is 23.4. The van der Waals surface area contributed by atoms with Gasteiger partial charge in [0.1, 0.15) is 6.61 Å². The zero-order valence-corrected chi connectivity index (χ0v) is 20.6. The van der Waals surface area contributed by atoms with Crippen LogP contribution in [-0.4, -0.2) is 34.1 Å². The molecule has 0 saturated heterocycles. The molecule has 0 spiro atoms. The molecular weight excluding hydrogens is 460 g/mol. The summed E-state index contributed by atoms with van der Waals surface area (Å²) in [4.78, 5) is 25.3. The van der Waals surface area contributed by atoms with Gasteiger partial charge in [0.25, 0.3) is 0 Å². The second kappa shape index (κ2) is 10.9. The fraction of sp³-hybridized carbons (Fsp3) is 0.333. The van der Waals surface area contributed by atoms with Gasteiger partial charge in [0.05, 0.1) is 17.1 Å². The highest BCUT2D eigenvalue weighted by atomic mass is 32.1. The summed E-state index contributed by atoms with van der Waals surface area (Å²) in [5.74, 6) is 0.276. The fourth-order valence-electron chi connectivity index (χ4n) is 4.30. The van der Waals surface area contributed by atoms with Crippen LogP contribution >= 0.6 is 11.3 Å². The van der Waals surface area contributed by atoms with Crippen molar-refractivity contribution in [1.82, 2.24) is 20.3 Å². The summed E-state index contributed by atoms with van der Waals surface area (Å²) in [6.45, 7) is 3.90. The van der Waals surface area contributed by atoms with E-state index >= 15 is 0 Å². The number of benzene rings is 1. The van der Waals surface area contributed by atoms with Crippen LogP contribution in [0.3, 0.4) is 0 Å². The molecule has 1 N–H and O–H groups in total. The number of nitrogens with zero attached hydrogens (tertiary/aromatic N) is 3.